The van der Waals surface area contributed by atoms with Gasteiger partial charge in [0.15, 0.2) is 0 Å². The van der Waals surface area contributed by atoms with Crippen LogP contribution in [-0.4, -0.2) is 70.5 Å². The van der Waals surface area contributed by atoms with Crippen molar-refractivity contribution in [3.63, 3.8) is 0 Å². The van der Waals surface area contributed by atoms with Gasteiger partial charge in [-0.25, -0.2) is 0 Å². The van der Waals surface area contributed by atoms with Crippen molar-refractivity contribution in [1.82, 2.24) is 20.9 Å². The summed E-state index contributed by atoms with van der Waals surface area (Å²) in [5.41, 5.74) is 5.14. The normalized spacial score (nSPS) is 32.9. The molecule has 4 aliphatic rings. The lowest BCUT2D eigenvalue weighted by Gasteiger charge is -2.37. The Hall–Kier alpha value is -1.66. The van der Waals surface area contributed by atoms with E-state index in [4.69, 9.17) is 17.3 Å². The van der Waals surface area contributed by atoms with Crippen LogP contribution >= 0.6 is 24.2 Å². The molecule has 4 amide bonds. The fraction of sp³-hybridized carbons (Fsp3) is 0.840. The van der Waals surface area contributed by atoms with Crippen LogP contribution in [0.2, 0.25) is 0 Å². The Labute approximate surface area is 232 Å². The van der Waals surface area contributed by atoms with Gasteiger partial charge < -0.3 is 26.6 Å². The number of hydrogen-bond donors (Lipinski definition) is 5. The summed E-state index contributed by atoms with van der Waals surface area (Å²) in [6.07, 6.45) is 3.94. The lowest BCUT2D eigenvalue weighted by molar-refractivity contribution is -0.148. The first kappa shape index (κ1) is 29.3. The summed E-state index contributed by atoms with van der Waals surface area (Å²) in [7, 11) is 0. The van der Waals surface area contributed by atoms with Gasteiger partial charge >= 0.3 is 11.3 Å². The van der Waals surface area contributed by atoms with Crippen molar-refractivity contribution < 1.29 is 28.0 Å². The first-order valence-corrected chi connectivity index (χ1v) is 14.2. The first-order valence-electron chi connectivity index (χ1n) is 13.3. The highest BCUT2D eigenvalue weighted by Gasteiger charge is 2.60. The second kappa shape index (κ2) is 10.7. The smallest absolute Gasteiger partial charge is 0.356 e. The molecular weight excluding hydrogens is 540 g/mol. The Morgan fingerprint density at radius 3 is 2.39 bits per heavy atom. The third-order valence-electron chi connectivity index (χ3n) is 8.90. The molecule has 2 aliphatic heterocycles. The molecule has 9 atom stereocenters. The van der Waals surface area contributed by atoms with Gasteiger partial charge in [-0.15, -0.1) is 0 Å². The van der Waals surface area contributed by atoms with E-state index in [0.717, 1.165) is 19.3 Å². The number of likely N-dealkylation sites (tertiary alicyclic amines) is 1. The molecule has 13 heteroatoms. The highest BCUT2D eigenvalue weighted by Crippen LogP contribution is 2.57. The molecule has 0 aromatic rings. The predicted octanol–water partition coefficient (Wildman–Crippen LogP) is 1.45. The number of alkyl halides is 3. The maximum Gasteiger partial charge on any atom is 0.399 e. The minimum atomic E-state index is -4.18. The van der Waals surface area contributed by atoms with Crippen LogP contribution in [0.15, 0.2) is 0 Å². The van der Waals surface area contributed by atoms with Crippen molar-refractivity contribution >= 4 is 47.9 Å². The average molecular weight is 578 g/mol. The zero-order valence-electron chi connectivity index (χ0n) is 21.9. The Morgan fingerprint density at radius 1 is 1.18 bits per heavy atom. The minimum Gasteiger partial charge on any atom is -0.356 e. The Morgan fingerprint density at radius 2 is 1.84 bits per heavy atom. The van der Waals surface area contributed by atoms with E-state index in [2.05, 4.69) is 28.6 Å². The summed E-state index contributed by atoms with van der Waals surface area (Å²) in [5.74, 6) is -2.44. The van der Waals surface area contributed by atoms with Crippen LogP contribution in [0.1, 0.15) is 52.9 Å². The summed E-state index contributed by atoms with van der Waals surface area (Å²) in [5, 5.41) is 2.96. The molecule has 2 saturated carbocycles. The third kappa shape index (κ3) is 5.77. The van der Waals surface area contributed by atoms with E-state index in [1.165, 1.54) is 4.90 Å². The van der Waals surface area contributed by atoms with Crippen molar-refractivity contribution in [3.05, 3.63) is 0 Å². The van der Waals surface area contributed by atoms with Crippen molar-refractivity contribution in [2.45, 2.75) is 81.8 Å². The number of nitrogens with one attached hydrogen (secondary N) is 3. The molecule has 5 N–H and O–H groups in total. The van der Waals surface area contributed by atoms with E-state index in [1.807, 2.05) is 0 Å². The second-order valence-corrected chi connectivity index (χ2v) is 13.5. The third-order valence-corrected chi connectivity index (χ3v) is 9.44. The van der Waals surface area contributed by atoms with Crippen molar-refractivity contribution in [1.29, 1.82) is 0 Å². The summed E-state index contributed by atoms with van der Waals surface area (Å²) < 4.78 is 27.1. The van der Waals surface area contributed by atoms with Crippen LogP contribution in [0.4, 0.5) is 8.78 Å². The van der Waals surface area contributed by atoms with E-state index < -0.39 is 52.0 Å². The fourth-order valence-electron chi connectivity index (χ4n) is 7.07. The van der Waals surface area contributed by atoms with Gasteiger partial charge in [0.1, 0.15) is 12.1 Å². The number of amides is 4. The van der Waals surface area contributed by atoms with Crippen molar-refractivity contribution in [2.24, 2.45) is 40.7 Å². The summed E-state index contributed by atoms with van der Waals surface area (Å²) in [6.45, 7) is 5.83. The molecule has 214 valence electrons. The maximum atomic E-state index is 13.9. The largest absolute Gasteiger partial charge is 0.399 e. The number of rotatable bonds is 8. The molecule has 0 aromatic heterocycles. The zero-order chi connectivity index (χ0) is 28.2. The highest BCUT2D eigenvalue weighted by atomic mass is 35.5. The lowest BCUT2D eigenvalue weighted by Crippen LogP contribution is -2.61. The number of carbonyl (C=O) groups is 4. The van der Waals surface area contributed by atoms with Crippen LogP contribution in [0.3, 0.4) is 0 Å². The first-order chi connectivity index (χ1) is 17.6. The molecule has 2 heterocycles. The molecule has 0 spiro atoms. The van der Waals surface area contributed by atoms with Gasteiger partial charge in [-0.1, -0.05) is 20.8 Å². The van der Waals surface area contributed by atoms with Gasteiger partial charge in [0.05, 0.1) is 11.4 Å². The van der Waals surface area contributed by atoms with Crippen molar-refractivity contribution in [3.8, 4) is 0 Å². The van der Waals surface area contributed by atoms with E-state index in [9.17, 15) is 28.0 Å². The SMILES string of the molecule is CC(C)(C)[C@H](NC(=O)C(F)(F)Cl)C(=O)N1C[C@@H]2[C@@H]3CC[C@@H](C3)[C@@H]2[C@H]1C(=O)N[C@@H](C[C@@H]1CCNC1=O)C(N)S. The number of halogens is 3. The Balaban J connectivity index is 1.59. The molecule has 2 aliphatic carbocycles. The number of nitrogens with zero attached hydrogens (tertiary/aromatic N) is 1. The van der Waals surface area contributed by atoms with E-state index in [-0.39, 0.29) is 29.6 Å². The quantitative estimate of drug-likeness (QED) is 0.169. The van der Waals surface area contributed by atoms with Gasteiger partial charge in [-0.05, 0) is 72.8 Å². The van der Waals surface area contributed by atoms with E-state index in [1.54, 1.807) is 20.8 Å². The predicted molar refractivity (Wildman–Crippen MR) is 140 cm³/mol. The van der Waals surface area contributed by atoms with Crippen LogP contribution in [0.5, 0.6) is 0 Å². The molecular formula is C25H38ClF2N5O4S. The second-order valence-electron chi connectivity index (χ2n) is 12.4. The summed E-state index contributed by atoms with van der Waals surface area (Å²) >= 11 is 9.28. The van der Waals surface area contributed by atoms with Gasteiger partial charge in [0.2, 0.25) is 17.7 Å². The number of carbonyl (C=O) groups excluding carboxylic acids is 4. The Kier molecular flexibility index (Phi) is 8.28. The number of nitrogens with two attached hydrogens (primary N) is 1. The fourth-order valence-corrected chi connectivity index (χ4v) is 7.32. The number of fused-ring (bicyclic) bond motifs is 5. The van der Waals surface area contributed by atoms with Crippen LogP contribution in [0, 0.1) is 35.0 Å². The summed E-state index contributed by atoms with van der Waals surface area (Å²) in [6, 6.07) is -2.77. The van der Waals surface area contributed by atoms with Crippen LogP contribution in [0.25, 0.3) is 0 Å². The number of hydrogen-bond acceptors (Lipinski definition) is 6. The molecule has 2 bridgehead atoms. The van der Waals surface area contributed by atoms with E-state index >= 15 is 0 Å². The van der Waals surface area contributed by atoms with E-state index in [0.29, 0.717) is 31.8 Å². The summed E-state index contributed by atoms with van der Waals surface area (Å²) in [4.78, 5) is 53.5. The maximum absolute atomic E-state index is 13.9. The molecule has 2 saturated heterocycles. The molecule has 4 fully saturated rings. The van der Waals surface area contributed by atoms with Gasteiger partial charge in [-0.3, -0.25) is 19.2 Å². The number of thiol groups is 1. The lowest BCUT2D eigenvalue weighted by atomic mass is 9.78. The standard InChI is InChI=1S/C25H38ClF2N5O4S/c1-24(2,3)18(32-23(37)25(26,27)28)22(36)33-10-14-11-4-5-12(8-11)16(14)17(33)21(35)31-15(19(29)38)9-13-6-7-30-20(13)34/h11-19,38H,4-10,29H2,1-3H3,(H,30,34)(H,31,35)(H,32,37)/t11-,12+,13+,14-,15+,16+,17+,18-,19?/m1/s1. The molecule has 4 rings (SSSR count). The van der Waals surface area contributed by atoms with Crippen LogP contribution in [-0.2, 0) is 19.2 Å². The monoisotopic (exact) mass is 577 g/mol. The van der Waals surface area contributed by atoms with Gasteiger partial charge in [-0.2, -0.15) is 21.4 Å². The molecule has 9 nitrogen and oxygen atoms in total. The van der Waals surface area contributed by atoms with Crippen LogP contribution < -0.4 is 21.7 Å². The highest BCUT2D eigenvalue weighted by molar-refractivity contribution is 7.80. The molecule has 38 heavy (non-hydrogen) atoms. The molecule has 0 aromatic carbocycles. The average Bonchev–Trinajstić information content (AvgIpc) is 3.57. The molecule has 0 radical (unpaired) electrons. The molecule has 1 unspecified atom stereocenters. The van der Waals surface area contributed by atoms with Gasteiger partial charge in [0.25, 0.3) is 0 Å². The van der Waals surface area contributed by atoms with Crippen molar-refractivity contribution in [2.75, 3.05) is 13.1 Å². The minimum absolute atomic E-state index is 0.0740. The topological polar surface area (TPSA) is 134 Å². The Bertz CT molecular complexity index is 974. The van der Waals surface area contributed by atoms with Gasteiger partial charge in [0, 0.05) is 19.0 Å². The zero-order valence-corrected chi connectivity index (χ0v) is 23.5.